The summed E-state index contributed by atoms with van der Waals surface area (Å²) in [5.41, 5.74) is 0. The number of hydrogen-bond donors (Lipinski definition) is 1. The molecule has 0 atom stereocenters. The van der Waals surface area contributed by atoms with Gasteiger partial charge >= 0.3 is 0 Å². The summed E-state index contributed by atoms with van der Waals surface area (Å²) in [4.78, 5) is 8.27. The number of hydrogen-bond acceptors (Lipinski definition) is 2. The lowest BCUT2D eigenvalue weighted by molar-refractivity contribution is 0.470. The van der Waals surface area contributed by atoms with Gasteiger partial charge < -0.3 is 10.2 Å². The van der Waals surface area contributed by atoms with Gasteiger partial charge in [0, 0.05) is 38.0 Å². The molecule has 1 N–H and O–H groups in total. The van der Waals surface area contributed by atoms with E-state index in [9.17, 15) is 0 Å². The van der Waals surface area contributed by atoms with Crippen molar-refractivity contribution in [1.29, 1.82) is 0 Å². The highest BCUT2D eigenvalue weighted by Gasteiger charge is 2.04. The molecule has 0 aliphatic carbocycles. The first-order valence-corrected chi connectivity index (χ1v) is 7.78. The van der Waals surface area contributed by atoms with E-state index in [1.807, 2.05) is 6.08 Å². The van der Waals surface area contributed by atoms with Gasteiger partial charge in [0.1, 0.15) is 0 Å². The smallest absolute Gasteiger partial charge is 0.193 e. The molecule has 0 radical (unpaired) electrons. The van der Waals surface area contributed by atoms with Crippen LogP contribution in [0.3, 0.4) is 0 Å². The van der Waals surface area contributed by atoms with E-state index >= 15 is 0 Å². The normalized spacial score (nSPS) is 11.4. The predicted octanol–water partition coefficient (Wildman–Crippen LogP) is 3.15. The molecule has 106 valence electrons. The second-order valence-corrected chi connectivity index (χ2v) is 5.45. The summed E-state index contributed by atoms with van der Waals surface area (Å²) in [5.74, 6) is 1.00. The van der Waals surface area contributed by atoms with Crippen LogP contribution in [0.25, 0.3) is 0 Å². The van der Waals surface area contributed by atoms with Crippen LogP contribution in [-0.2, 0) is 6.42 Å². The van der Waals surface area contributed by atoms with Crippen molar-refractivity contribution in [3.8, 4) is 0 Å². The van der Waals surface area contributed by atoms with Gasteiger partial charge in [0.05, 0.1) is 0 Å². The van der Waals surface area contributed by atoms with Crippen LogP contribution in [0.4, 0.5) is 0 Å². The average Bonchev–Trinajstić information content (AvgIpc) is 2.91. The Labute approximate surface area is 121 Å². The van der Waals surface area contributed by atoms with Gasteiger partial charge in [0.25, 0.3) is 0 Å². The second kappa shape index (κ2) is 9.62. The van der Waals surface area contributed by atoms with Crippen LogP contribution in [-0.4, -0.2) is 37.5 Å². The molecule has 1 aromatic heterocycles. The molecule has 0 aromatic carbocycles. The largest absolute Gasteiger partial charge is 0.357 e. The van der Waals surface area contributed by atoms with E-state index in [2.05, 4.69) is 53.3 Å². The molecule has 1 heterocycles. The summed E-state index contributed by atoms with van der Waals surface area (Å²) in [6.45, 7) is 8.62. The van der Waals surface area contributed by atoms with Crippen LogP contribution in [0.5, 0.6) is 0 Å². The van der Waals surface area contributed by atoms with Crippen molar-refractivity contribution >= 4 is 17.3 Å². The van der Waals surface area contributed by atoms with Gasteiger partial charge in [-0.25, -0.2) is 0 Å². The van der Waals surface area contributed by atoms with Crippen LogP contribution in [0.1, 0.15) is 24.6 Å². The molecular formula is C15H25N3S. The Kier molecular flexibility index (Phi) is 7.98. The Morgan fingerprint density at radius 1 is 1.58 bits per heavy atom. The second-order valence-electron chi connectivity index (χ2n) is 4.42. The Balaban J connectivity index is 2.42. The number of thiophene rings is 1. The Morgan fingerprint density at radius 3 is 3.05 bits per heavy atom. The number of nitrogens with zero attached hydrogens (tertiary/aromatic N) is 2. The molecule has 19 heavy (non-hydrogen) atoms. The van der Waals surface area contributed by atoms with Gasteiger partial charge in [-0.1, -0.05) is 12.1 Å². The minimum atomic E-state index is 0.842. The molecule has 0 fully saturated rings. The lowest BCUT2D eigenvalue weighted by Gasteiger charge is -2.21. The maximum Gasteiger partial charge on any atom is 0.193 e. The zero-order valence-corrected chi connectivity index (χ0v) is 12.9. The Hall–Kier alpha value is -1.29. The minimum Gasteiger partial charge on any atom is -0.357 e. The molecule has 3 nitrogen and oxygen atoms in total. The molecule has 0 aliphatic heterocycles. The van der Waals surface area contributed by atoms with Crippen LogP contribution in [0.15, 0.2) is 35.2 Å². The molecule has 0 unspecified atom stereocenters. The summed E-state index contributed by atoms with van der Waals surface area (Å²) in [6.07, 6.45) is 5.16. The molecule has 4 heteroatoms. The van der Waals surface area contributed by atoms with E-state index in [4.69, 9.17) is 0 Å². The summed E-state index contributed by atoms with van der Waals surface area (Å²) in [5, 5.41) is 5.46. The first-order valence-electron chi connectivity index (χ1n) is 6.90. The van der Waals surface area contributed by atoms with Crippen molar-refractivity contribution in [2.45, 2.75) is 26.2 Å². The van der Waals surface area contributed by atoms with E-state index in [0.717, 1.165) is 44.9 Å². The van der Waals surface area contributed by atoms with Gasteiger partial charge in [-0.3, -0.25) is 4.99 Å². The summed E-state index contributed by atoms with van der Waals surface area (Å²) in [7, 11) is 2.09. The van der Waals surface area contributed by atoms with Gasteiger partial charge in [-0.05, 0) is 31.2 Å². The molecule has 0 amide bonds. The van der Waals surface area contributed by atoms with E-state index < -0.39 is 0 Å². The first kappa shape index (κ1) is 15.8. The molecular weight excluding hydrogens is 254 g/mol. The fourth-order valence-electron chi connectivity index (χ4n) is 1.78. The highest BCUT2D eigenvalue weighted by Crippen LogP contribution is 2.08. The quantitative estimate of drug-likeness (QED) is 0.342. The van der Waals surface area contributed by atoms with Crippen LogP contribution in [0, 0.1) is 0 Å². The molecule has 0 bridgehead atoms. The first-order chi connectivity index (χ1) is 9.27. The minimum absolute atomic E-state index is 0.842. The molecule has 1 rings (SSSR count). The van der Waals surface area contributed by atoms with Crippen LogP contribution < -0.4 is 5.32 Å². The molecule has 0 saturated heterocycles. The topological polar surface area (TPSA) is 27.6 Å². The number of nitrogens with one attached hydrogen (secondary N) is 1. The van der Waals surface area contributed by atoms with E-state index in [0.29, 0.717) is 0 Å². The zero-order valence-electron chi connectivity index (χ0n) is 12.1. The Morgan fingerprint density at radius 2 is 2.42 bits per heavy atom. The fraction of sp³-hybridized carbons (Fsp3) is 0.533. The predicted molar refractivity (Wildman–Crippen MR) is 86.1 cm³/mol. The zero-order chi connectivity index (χ0) is 13.9. The van der Waals surface area contributed by atoms with Gasteiger partial charge in [0.2, 0.25) is 0 Å². The highest BCUT2D eigenvalue weighted by molar-refractivity contribution is 7.09. The van der Waals surface area contributed by atoms with E-state index in [1.165, 1.54) is 4.88 Å². The molecule has 1 aromatic rings. The number of allylic oxidation sites excluding steroid dienone is 1. The number of rotatable bonds is 8. The number of guanidine groups is 1. The summed E-state index contributed by atoms with van der Waals surface area (Å²) >= 11 is 1.80. The van der Waals surface area contributed by atoms with Crippen LogP contribution >= 0.6 is 11.3 Å². The van der Waals surface area contributed by atoms with Crippen molar-refractivity contribution in [3.63, 3.8) is 0 Å². The van der Waals surface area contributed by atoms with Crippen molar-refractivity contribution in [2.75, 3.05) is 26.7 Å². The van der Waals surface area contributed by atoms with Crippen molar-refractivity contribution in [2.24, 2.45) is 4.99 Å². The third kappa shape index (κ3) is 6.43. The molecule has 0 aliphatic rings. The number of unbranched alkanes of at least 4 members (excludes halogenated alkanes) is 1. The fourth-order valence-corrected chi connectivity index (χ4v) is 2.47. The molecule has 0 saturated carbocycles. The van der Waals surface area contributed by atoms with Gasteiger partial charge in [-0.2, -0.15) is 0 Å². The van der Waals surface area contributed by atoms with Crippen LogP contribution in [0.2, 0.25) is 0 Å². The van der Waals surface area contributed by atoms with E-state index in [1.54, 1.807) is 11.3 Å². The van der Waals surface area contributed by atoms with Crippen molar-refractivity contribution in [3.05, 3.63) is 35.0 Å². The van der Waals surface area contributed by atoms with Crippen molar-refractivity contribution in [1.82, 2.24) is 10.2 Å². The highest BCUT2D eigenvalue weighted by atomic mass is 32.1. The maximum atomic E-state index is 4.68. The standard InChI is InChI=1S/C15H25N3S/c1-4-6-7-12-18(3)15(16-5-2)17-11-10-14-9-8-13-19-14/h4,8-9,13H,1,5-7,10-12H2,2-3H3,(H,16,17). The number of aliphatic imine (C=N–C) groups is 1. The molecule has 0 spiro atoms. The van der Waals surface area contributed by atoms with Gasteiger partial charge in [-0.15, -0.1) is 17.9 Å². The summed E-state index contributed by atoms with van der Waals surface area (Å²) in [6, 6.07) is 4.26. The van der Waals surface area contributed by atoms with E-state index in [-0.39, 0.29) is 0 Å². The maximum absolute atomic E-state index is 4.68. The average molecular weight is 279 g/mol. The lowest BCUT2D eigenvalue weighted by atomic mass is 10.3. The third-order valence-electron chi connectivity index (χ3n) is 2.80. The summed E-state index contributed by atoms with van der Waals surface area (Å²) < 4.78 is 0. The lowest BCUT2D eigenvalue weighted by Crippen LogP contribution is -2.39. The third-order valence-corrected chi connectivity index (χ3v) is 3.73. The SMILES string of the molecule is C=CCCCN(C)C(=NCCc1cccs1)NCC. The van der Waals surface area contributed by atoms with Crippen molar-refractivity contribution < 1.29 is 0 Å². The van der Waals surface area contributed by atoms with Gasteiger partial charge in [0.15, 0.2) is 5.96 Å². The monoisotopic (exact) mass is 279 g/mol. The Bertz CT molecular complexity index is 371.